The van der Waals surface area contributed by atoms with Gasteiger partial charge in [-0.1, -0.05) is 42.5 Å². The van der Waals surface area contributed by atoms with E-state index >= 15 is 0 Å². The van der Waals surface area contributed by atoms with Gasteiger partial charge in [0.15, 0.2) is 0 Å². The van der Waals surface area contributed by atoms with Crippen LogP contribution in [0.3, 0.4) is 0 Å². The molecule has 2 aliphatic rings. The highest BCUT2D eigenvalue weighted by molar-refractivity contribution is 6.38. The van der Waals surface area contributed by atoms with Gasteiger partial charge in [-0.3, -0.25) is 19.4 Å². The van der Waals surface area contributed by atoms with Crippen LogP contribution in [0.4, 0.5) is 4.79 Å². The van der Waals surface area contributed by atoms with Gasteiger partial charge in [0, 0.05) is 52.4 Å². The predicted molar refractivity (Wildman–Crippen MR) is 121 cm³/mol. The molecule has 2 aliphatic heterocycles. The van der Waals surface area contributed by atoms with Crippen molar-refractivity contribution in [3.05, 3.63) is 48.0 Å². The first-order valence-corrected chi connectivity index (χ1v) is 11.2. The van der Waals surface area contributed by atoms with E-state index in [1.807, 2.05) is 49.4 Å². The van der Waals surface area contributed by atoms with E-state index in [2.05, 4.69) is 4.90 Å². The SMILES string of the molecule is CCN1CCN(C(=O)N(CCN2CCOCC2)Cc2cccc3ccccc23)C(=O)C1=O. The number of carbonyl (C=O) groups is 3. The molecule has 2 aromatic carbocycles. The largest absolute Gasteiger partial charge is 0.379 e. The highest BCUT2D eigenvalue weighted by Gasteiger charge is 2.37. The van der Waals surface area contributed by atoms with Crippen molar-refractivity contribution in [2.45, 2.75) is 13.5 Å². The molecule has 0 N–H and O–H groups in total. The summed E-state index contributed by atoms with van der Waals surface area (Å²) in [6.45, 7) is 7.44. The molecule has 0 aliphatic carbocycles. The van der Waals surface area contributed by atoms with Gasteiger partial charge in [-0.25, -0.2) is 4.79 Å². The molecule has 170 valence electrons. The number of morpholine rings is 1. The summed E-state index contributed by atoms with van der Waals surface area (Å²) in [5, 5.41) is 2.19. The Labute approximate surface area is 188 Å². The third kappa shape index (κ3) is 4.76. The van der Waals surface area contributed by atoms with Crippen molar-refractivity contribution in [1.29, 1.82) is 0 Å². The average molecular weight is 439 g/mol. The summed E-state index contributed by atoms with van der Waals surface area (Å²) in [5.41, 5.74) is 1.02. The number of amides is 4. The Kier molecular flexibility index (Phi) is 7.02. The zero-order valence-corrected chi connectivity index (χ0v) is 18.5. The maximum absolute atomic E-state index is 13.5. The summed E-state index contributed by atoms with van der Waals surface area (Å²) in [6.07, 6.45) is 0. The van der Waals surface area contributed by atoms with E-state index in [9.17, 15) is 14.4 Å². The fraction of sp³-hybridized carbons (Fsp3) is 0.458. The molecule has 8 nitrogen and oxygen atoms in total. The second kappa shape index (κ2) is 10.1. The number of carbonyl (C=O) groups excluding carboxylic acids is 3. The van der Waals surface area contributed by atoms with Gasteiger partial charge in [0.05, 0.1) is 13.2 Å². The van der Waals surface area contributed by atoms with Crippen LogP contribution in [0.25, 0.3) is 10.8 Å². The Hall–Kier alpha value is -2.97. The minimum absolute atomic E-state index is 0.223. The topological polar surface area (TPSA) is 73.4 Å². The molecule has 2 aromatic rings. The lowest BCUT2D eigenvalue weighted by Crippen LogP contribution is -2.59. The van der Waals surface area contributed by atoms with Gasteiger partial charge in [-0.05, 0) is 23.3 Å². The van der Waals surface area contributed by atoms with E-state index < -0.39 is 17.8 Å². The number of benzene rings is 2. The summed E-state index contributed by atoms with van der Waals surface area (Å²) in [4.78, 5) is 45.1. The fourth-order valence-electron chi connectivity index (χ4n) is 4.29. The number of ether oxygens (including phenoxy) is 1. The minimum atomic E-state index is -0.739. The van der Waals surface area contributed by atoms with Gasteiger partial charge in [0.2, 0.25) is 0 Å². The fourth-order valence-corrected chi connectivity index (χ4v) is 4.29. The third-order valence-electron chi connectivity index (χ3n) is 6.22. The summed E-state index contributed by atoms with van der Waals surface area (Å²) < 4.78 is 5.42. The molecule has 4 rings (SSSR count). The molecular formula is C24H30N4O4. The highest BCUT2D eigenvalue weighted by atomic mass is 16.5. The molecule has 0 spiro atoms. The first kappa shape index (κ1) is 22.2. The molecule has 2 fully saturated rings. The number of nitrogens with zero attached hydrogens (tertiary/aromatic N) is 4. The van der Waals surface area contributed by atoms with Crippen LogP contribution < -0.4 is 0 Å². The first-order valence-electron chi connectivity index (χ1n) is 11.2. The van der Waals surface area contributed by atoms with Gasteiger partial charge in [-0.15, -0.1) is 0 Å². The summed E-state index contributed by atoms with van der Waals surface area (Å²) in [6, 6.07) is 13.7. The Bertz CT molecular complexity index is 984. The zero-order chi connectivity index (χ0) is 22.5. The number of imide groups is 1. The van der Waals surface area contributed by atoms with Crippen molar-refractivity contribution in [2.75, 3.05) is 59.0 Å². The van der Waals surface area contributed by atoms with E-state index in [4.69, 9.17) is 4.74 Å². The second-order valence-electron chi connectivity index (χ2n) is 8.14. The number of rotatable bonds is 6. The summed E-state index contributed by atoms with van der Waals surface area (Å²) >= 11 is 0. The molecular weight excluding hydrogens is 408 g/mol. The number of fused-ring (bicyclic) bond motifs is 1. The van der Waals surface area contributed by atoms with E-state index in [0.717, 1.165) is 34.3 Å². The Morgan fingerprint density at radius 2 is 1.72 bits per heavy atom. The van der Waals surface area contributed by atoms with E-state index in [1.54, 1.807) is 4.90 Å². The van der Waals surface area contributed by atoms with Crippen LogP contribution in [-0.4, -0.2) is 96.5 Å². The summed E-state index contributed by atoms with van der Waals surface area (Å²) in [7, 11) is 0. The van der Waals surface area contributed by atoms with Crippen LogP contribution >= 0.6 is 0 Å². The normalized spacial score (nSPS) is 17.8. The third-order valence-corrected chi connectivity index (χ3v) is 6.22. The molecule has 8 heteroatoms. The predicted octanol–water partition coefficient (Wildman–Crippen LogP) is 1.78. The van der Waals surface area contributed by atoms with Gasteiger partial charge in [-0.2, -0.15) is 0 Å². The van der Waals surface area contributed by atoms with Crippen LogP contribution in [0, 0.1) is 0 Å². The molecule has 4 amide bonds. The van der Waals surface area contributed by atoms with E-state index in [-0.39, 0.29) is 6.54 Å². The maximum Gasteiger partial charge on any atom is 0.327 e. The number of hydrogen-bond acceptors (Lipinski definition) is 5. The lowest BCUT2D eigenvalue weighted by atomic mass is 10.0. The van der Waals surface area contributed by atoms with Crippen LogP contribution in [0.5, 0.6) is 0 Å². The summed E-state index contributed by atoms with van der Waals surface area (Å²) in [5.74, 6) is -1.34. The monoisotopic (exact) mass is 438 g/mol. The smallest absolute Gasteiger partial charge is 0.327 e. The number of urea groups is 1. The molecule has 0 atom stereocenters. The van der Waals surface area contributed by atoms with Crippen LogP contribution in [0.15, 0.2) is 42.5 Å². The van der Waals surface area contributed by atoms with Crippen molar-refractivity contribution in [3.8, 4) is 0 Å². The van der Waals surface area contributed by atoms with E-state index in [0.29, 0.717) is 45.9 Å². The van der Waals surface area contributed by atoms with E-state index in [1.165, 1.54) is 4.90 Å². The number of piperazine rings is 1. The molecule has 0 bridgehead atoms. The Morgan fingerprint density at radius 3 is 2.50 bits per heavy atom. The number of likely N-dealkylation sites (N-methyl/N-ethyl adjacent to an activating group) is 1. The zero-order valence-electron chi connectivity index (χ0n) is 18.5. The maximum atomic E-state index is 13.5. The second-order valence-corrected chi connectivity index (χ2v) is 8.14. The van der Waals surface area contributed by atoms with Crippen molar-refractivity contribution < 1.29 is 19.1 Å². The molecule has 0 aromatic heterocycles. The lowest BCUT2D eigenvalue weighted by molar-refractivity contribution is -0.153. The lowest BCUT2D eigenvalue weighted by Gasteiger charge is -2.36. The Morgan fingerprint density at radius 1 is 0.969 bits per heavy atom. The van der Waals surface area contributed by atoms with Crippen LogP contribution in [0.2, 0.25) is 0 Å². The Balaban J connectivity index is 1.56. The van der Waals surface area contributed by atoms with Crippen molar-refractivity contribution in [1.82, 2.24) is 19.6 Å². The molecule has 0 saturated carbocycles. The van der Waals surface area contributed by atoms with Crippen LogP contribution in [-0.2, 0) is 20.9 Å². The molecule has 0 unspecified atom stereocenters. The standard InChI is InChI=1S/C24H30N4O4/c1-2-26-12-13-28(23(30)22(26)29)24(31)27(11-10-25-14-16-32-17-15-25)18-20-8-5-7-19-6-3-4-9-21(19)20/h3-9H,2,10-18H2,1H3. The van der Waals surface area contributed by atoms with Gasteiger partial charge in [0.25, 0.3) is 0 Å². The van der Waals surface area contributed by atoms with Crippen molar-refractivity contribution in [3.63, 3.8) is 0 Å². The first-order chi connectivity index (χ1) is 15.6. The van der Waals surface area contributed by atoms with Crippen LogP contribution in [0.1, 0.15) is 12.5 Å². The van der Waals surface area contributed by atoms with Crippen molar-refractivity contribution >= 4 is 28.6 Å². The quantitative estimate of drug-likeness (QED) is 0.643. The molecule has 2 saturated heterocycles. The minimum Gasteiger partial charge on any atom is -0.379 e. The average Bonchev–Trinajstić information content (AvgIpc) is 2.83. The molecule has 32 heavy (non-hydrogen) atoms. The van der Waals surface area contributed by atoms with Gasteiger partial charge < -0.3 is 14.5 Å². The highest BCUT2D eigenvalue weighted by Crippen LogP contribution is 2.21. The van der Waals surface area contributed by atoms with Crippen molar-refractivity contribution in [2.24, 2.45) is 0 Å². The molecule has 0 radical (unpaired) electrons. The number of hydrogen-bond donors (Lipinski definition) is 0. The van der Waals surface area contributed by atoms with Gasteiger partial charge in [0.1, 0.15) is 0 Å². The molecule has 2 heterocycles. The van der Waals surface area contributed by atoms with Gasteiger partial charge >= 0.3 is 17.8 Å².